The number of nitrogens with zero attached hydrogens (tertiary/aromatic N) is 3. The lowest BCUT2D eigenvalue weighted by Gasteiger charge is -2.05. The number of nitrogens with one attached hydrogen (secondary N) is 1. The van der Waals surface area contributed by atoms with Crippen LogP contribution in [0.1, 0.15) is 11.1 Å². The fraction of sp³-hybridized carbons (Fsp3) is 0.150. The number of hydrogen-bond donors (Lipinski definition) is 1. The molecular weight excluding hydrogens is 412 g/mol. The maximum atomic E-state index is 6.34. The first-order chi connectivity index (χ1) is 13.7. The van der Waals surface area contributed by atoms with E-state index in [4.69, 9.17) is 16.3 Å². The van der Waals surface area contributed by atoms with E-state index >= 15 is 0 Å². The van der Waals surface area contributed by atoms with Gasteiger partial charge in [0.25, 0.3) is 0 Å². The van der Waals surface area contributed by atoms with Gasteiger partial charge in [-0.3, -0.25) is 0 Å². The van der Waals surface area contributed by atoms with Crippen LogP contribution >= 0.6 is 34.7 Å². The monoisotopic (exact) mass is 428 g/mol. The van der Waals surface area contributed by atoms with Gasteiger partial charge in [0.15, 0.2) is 4.34 Å². The quantitative estimate of drug-likeness (QED) is 0.303. The van der Waals surface area contributed by atoms with E-state index < -0.39 is 0 Å². The number of ether oxygens (including phenoxy) is 1. The van der Waals surface area contributed by atoms with Gasteiger partial charge in [0, 0.05) is 23.2 Å². The largest absolute Gasteiger partial charge is 0.497 e. The zero-order chi connectivity index (χ0) is 19.3. The third-order valence-electron chi connectivity index (χ3n) is 4.11. The number of para-hydroxylation sites is 1. The van der Waals surface area contributed by atoms with E-state index in [1.807, 2.05) is 48.5 Å². The summed E-state index contributed by atoms with van der Waals surface area (Å²) in [5.74, 6) is 1.55. The van der Waals surface area contributed by atoms with Gasteiger partial charge in [0.05, 0.1) is 12.6 Å². The number of methoxy groups -OCH3 is 1. The van der Waals surface area contributed by atoms with Gasteiger partial charge >= 0.3 is 0 Å². The van der Waals surface area contributed by atoms with Crippen molar-refractivity contribution in [3.05, 3.63) is 70.9 Å². The van der Waals surface area contributed by atoms with E-state index in [1.54, 1.807) is 18.9 Å². The maximum Gasteiger partial charge on any atom is 0.206 e. The third kappa shape index (κ3) is 4.55. The van der Waals surface area contributed by atoms with Crippen molar-refractivity contribution in [3.63, 3.8) is 0 Å². The Morgan fingerprint density at radius 1 is 1.11 bits per heavy atom. The van der Waals surface area contributed by atoms with Gasteiger partial charge in [-0.25, -0.2) is 4.98 Å². The summed E-state index contributed by atoms with van der Waals surface area (Å²) < 4.78 is 6.06. The third-order valence-corrected chi connectivity index (χ3v) is 6.50. The van der Waals surface area contributed by atoms with Gasteiger partial charge < -0.3 is 10.1 Å². The second kappa shape index (κ2) is 8.77. The molecule has 0 unspecified atom stereocenters. The molecule has 0 fully saturated rings. The van der Waals surface area contributed by atoms with Crippen molar-refractivity contribution < 1.29 is 4.74 Å². The minimum Gasteiger partial charge on any atom is -0.497 e. The van der Waals surface area contributed by atoms with Gasteiger partial charge in [-0.05, 0) is 29.8 Å². The van der Waals surface area contributed by atoms with Crippen molar-refractivity contribution in [2.75, 3.05) is 12.4 Å². The van der Waals surface area contributed by atoms with Gasteiger partial charge in [-0.1, -0.05) is 65.0 Å². The van der Waals surface area contributed by atoms with E-state index in [-0.39, 0.29) is 0 Å². The molecule has 2 heterocycles. The summed E-state index contributed by atoms with van der Waals surface area (Å²) in [6.45, 7) is 0.684. The first kappa shape index (κ1) is 19.0. The van der Waals surface area contributed by atoms with Crippen molar-refractivity contribution in [2.45, 2.75) is 16.6 Å². The SMILES string of the molecule is COc1ccc(CNc2nnc(SCc3cc4ccccc4nc3Cl)s2)cc1. The standard InChI is InChI=1S/C20H17ClN4OS2/c1-26-16-8-6-13(7-9-16)11-22-19-24-25-20(28-19)27-12-15-10-14-4-2-3-5-17(14)23-18(15)21/h2-10H,11-12H2,1H3,(H,22,24). The van der Waals surface area contributed by atoms with Crippen molar-refractivity contribution in [1.82, 2.24) is 15.2 Å². The van der Waals surface area contributed by atoms with Gasteiger partial charge in [0.2, 0.25) is 5.13 Å². The first-order valence-electron chi connectivity index (χ1n) is 8.58. The normalized spacial score (nSPS) is 10.9. The molecule has 5 nitrogen and oxygen atoms in total. The summed E-state index contributed by atoms with van der Waals surface area (Å²) in [7, 11) is 1.66. The lowest BCUT2D eigenvalue weighted by atomic mass is 10.2. The number of aromatic nitrogens is 3. The highest BCUT2D eigenvalue weighted by Gasteiger charge is 2.09. The molecule has 0 saturated heterocycles. The molecule has 0 aliphatic rings. The summed E-state index contributed by atoms with van der Waals surface area (Å²) in [5.41, 5.74) is 3.05. The average Bonchev–Trinajstić information content (AvgIpc) is 3.19. The fourth-order valence-corrected chi connectivity index (χ4v) is 4.65. The predicted octanol–water partition coefficient (Wildman–Crippen LogP) is 5.65. The van der Waals surface area contributed by atoms with Crippen LogP contribution in [0.4, 0.5) is 5.13 Å². The summed E-state index contributed by atoms with van der Waals surface area (Å²) in [5, 5.41) is 14.2. The Kier molecular flexibility index (Phi) is 5.95. The Balaban J connectivity index is 1.36. The van der Waals surface area contributed by atoms with Crippen LogP contribution in [0.2, 0.25) is 5.15 Å². The topological polar surface area (TPSA) is 59.9 Å². The highest BCUT2D eigenvalue weighted by Crippen LogP contribution is 2.31. The summed E-state index contributed by atoms with van der Waals surface area (Å²) in [4.78, 5) is 4.47. The summed E-state index contributed by atoms with van der Waals surface area (Å²) in [6, 6.07) is 18.0. The predicted molar refractivity (Wildman–Crippen MR) is 117 cm³/mol. The van der Waals surface area contributed by atoms with Crippen molar-refractivity contribution in [2.24, 2.45) is 0 Å². The molecule has 0 atom stereocenters. The van der Waals surface area contributed by atoms with E-state index in [1.165, 1.54) is 11.3 Å². The minimum absolute atomic E-state index is 0.536. The molecule has 0 aliphatic heterocycles. The number of anilines is 1. The zero-order valence-corrected chi connectivity index (χ0v) is 17.4. The molecule has 2 aromatic heterocycles. The number of rotatable bonds is 7. The fourth-order valence-electron chi connectivity index (χ4n) is 2.64. The molecule has 0 spiro atoms. The Bertz CT molecular complexity index is 1090. The van der Waals surface area contributed by atoms with Gasteiger partial charge in [0.1, 0.15) is 10.9 Å². The number of benzene rings is 2. The van der Waals surface area contributed by atoms with Crippen LogP contribution in [0.3, 0.4) is 0 Å². The number of pyridine rings is 1. The Morgan fingerprint density at radius 3 is 2.75 bits per heavy atom. The van der Waals surface area contributed by atoms with Gasteiger partial charge in [-0.2, -0.15) is 0 Å². The van der Waals surface area contributed by atoms with Crippen LogP contribution < -0.4 is 10.1 Å². The van der Waals surface area contributed by atoms with Crippen molar-refractivity contribution in [3.8, 4) is 5.75 Å². The zero-order valence-electron chi connectivity index (χ0n) is 15.1. The summed E-state index contributed by atoms with van der Waals surface area (Å²) in [6.07, 6.45) is 0. The molecule has 0 saturated carbocycles. The summed E-state index contributed by atoms with van der Waals surface area (Å²) >= 11 is 9.47. The van der Waals surface area contributed by atoms with E-state index in [2.05, 4.69) is 26.6 Å². The molecule has 1 N–H and O–H groups in total. The minimum atomic E-state index is 0.536. The van der Waals surface area contributed by atoms with E-state index in [9.17, 15) is 0 Å². The average molecular weight is 429 g/mol. The molecule has 4 aromatic rings. The Hall–Kier alpha value is -2.35. The van der Waals surface area contributed by atoms with E-state index in [0.29, 0.717) is 17.5 Å². The molecule has 0 aliphatic carbocycles. The second-order valence-electron chi connectivity index (χ2n) is 5.99. The van der Waals surface area contributed by atoms with Crippen LogP contribution in [0.25, 0.3) is 10.9 Å². The number of thioether (sulfide) groups is 1. The van der Waals surface area contributed by atoms with Crippen LogP contribution in [0.5, 0.6) is 5.75 Å². The molecule has 0 bridgehead atoms. The number of halogens is 1. The number of fused-ring (bicyclic) bond motifs is 1. The molecule has 0 amide bonds. The van der Waals surface area contributed by atoms with Crippen molar-refractivity contribution in [1.29, 1.82) is 0 Å². The van der Waals surface area contributed by atoms with Crippen LogP contribution in [0.15, 0.2) is 58.9 Å². The molecule has 28 heavy (non-hydrogen) atoms. The lowest BCUT2D eigenvalue weighted by Crippen LogP contribution is -1.98. The highest BCUT2D eigenvalue weighted by atomic mass is 35.5. The molecule has 142 valence electrons. The number of hydrogen-bond acceptors (Lipinski definition) is 7. The van der Waals surface area contributed by atoms with E-state index in [0.717, 1.165) is 37.3 Å². The molecule has 8 heteroatoms. The Labute approximate surface area is 176 Å². The van der Waals surface area contributed by atoms with Crippen LogP contribution in [-0.4, -0.2) is 22.3 Å². The van der Waals surface area contributed by atoms with Gasteiger partial charge in [-0.15, -0.1) is 10.2 Å². The smallest absolute Gasteiger partial charge is 0.206 e. The lowest BCUT2D eigenvalue weighted by molar-refractivity contribution is 0.414. The second-order valence-corrected chi connectivity index (χ2v) is 8.55. The molecule has 4 rings (SSSR count). The first-order valence-corrected chi connectivity index (χ1v) is 10.8. The van der Waals surface area contributed by atoms with Crippen LogP contribution in [-0.2, 0) is 12.3 Å². The van der Waals surface area contributed by atoms with Crippen LogP contribution in [0, 0.1) is 0 Å². The highest BCUT2D eigenvalue weighted by molar-refractivity contribution is 8.00. The molecule has 2 aromatic carbocycles. The molecular formula is C20H17ClN4OS2. The van der Waals surface area contributed by atoms with Crippen molar-refractivity contribution >= 4 is 50.7 Å². The maximum absolute atomic E-state index is 6.34. The molecule has 0 radical (unpaired) electrons. The Morgan fingerprint density at radius 2 is 1.93 bits per heavy atom.